The predicted octanol–water partition coefficient (Wildman–Crippen LogP) is 2.62. The number of piperazine rings is 1. The van der Waals surface area contributed by atoms with Crippen LogP contribution in [-0.4, -0.2) is 62.2 Å². The first-order valence-corrected chi connectivity index (χ1v) is 8.75. The molecule has 2 aromatic rings. The maximum atomic E-state index is 13.1. The number of guanidine groups is 1. The highest BCUT2D eigenvalue weighted by molar-refractivity contribution is 14.0. The largest absolute Gasteiger partial charge is 0.490 e. The Morgan fingerprint density at radius 2 is 1.93 bits per heavy atom. The highest BCUT2D eigenvalue weighted by Gasteiger charge is 2.19. The molecule has 1 fully saturated rings. The van der Waals surface area contributed by atoms with Crippen molar-refractivity contribution < 1.29 is 9.13 Å². The van der Waals surface area contributed by atoms with Gasteiger partial charge in [-0.15, -0.1) is 24.0 Å². The molecule has 0 atom stereocenters. The smallest absolute Gasteiger partial charge is 0.193 e. The lowest BCUT2D eigenvalue weighted by Gasteiger charge is -2.37. The van der Waals surface area contributed by atoms with Gasteiger partial charge in [0.05, 0.1) is 12.7 Å². The van der Waals surface area contributed by atoms with Crippen molar-refractivity contribution in [1.82, 2.24) is 15.2 Å². The number of hydrogen-bond acceptors (Lipinski definition) is 4. The van der Waals surface area contributed by atoms with Gasteiger partial charge < -0.3 is 19.9 Å². The van der Waals surface area contributed by atoms with E-state index in [2.05, 4.69) is 25.1 Å². The highest BCUT2D eigenvalue weighted by Crippen LogP contribution is 2.16. The quantitative estimate of drug-likeness (QED) is 0.306. The second kappa shape index (κ2) is 10.9. The lowest BCUT2D eigenvalue weighted by Crippen LogP contribution is -2.53. The number of rotatable bonds is 5. The Hall–Kier alpha value is -2.10. The van der Waals surface area contributed by atoms with Gasteiger partial charge in [0.15, 0.2) is 5.96 Å². The highest BCUT2D eigenvalue weighted by atomic mass is 127. The van der Waals surface area contributed by atoms with Crippen molar-refractivity contribution in [3.05, 3.63) is 54.6 Å². The number of aliphatic imine (C=N–C) groups is 1. The fraction of sp³-hybridized carbons (Fsp3) is 0.368. The van der Waals surface area contributed by atoms with Crippen molar-refractivity contribution >= 4 is 35.6 Å². The van der Waals surface area contributed by atoms with Crippen LogP contribution in [0.15, 0.2) is 53.8 Å². The van der Waals surface area contributed by atoms with E-state index in [9.17, 15) is 4.39 Å². The second-order valence-corrected chi connectivity index (χ2v) is 5.96. The van der Waals surface area contributed by atoms with Crippen LogP contribution >= 0.6 is 24.0 Å². The third kappa shape index (κ3) is 6.23. The number of anilines is 1. The van der Waals surface area contributed by atoms with E-state index in [1.165, 1.54) is 12.1 Å². The van der Waals surface area contributed by atoms with Gasteiger partial charge in [-0.2, -0.15) is 0 Å². The fourth-order valence-corrected chi connectivity index (χ4v) is 2.92. The van der Waals surface area contributed by atoms with Gasteiger partial charge in [-0.05, 0) is 36.4 Å². The summed E-state index contributed by atoms with van der Waals surface area (Å²) < 4.78 is 18.7. The standard InChI is InChI=1S/C19H24FN5O.HI/c1-21-19(23-9-14-26-18-3-2-8-22-15-18)25-12-10-24(11-13-25)17-6-4-16(20)5-7-17;/h2-8,15H,9-14H2,1H3,(H,21,23);1H. The number of benzene rings is 1. The van der Waals surface area contributed by atoms with Gasteiger partial charge in [-0.1, -0.05) is 0 Å². The molecule has 0 aliphatic carbocycles. The minimum atomic E-state index is -0.203. The second-order valence-electron chi connectivity index (χ2n) is 5.96. The zero-order valence-electron chi connectivity index (χ0n) is 15.3. The van der Waals surface area contributed by atoms with Crippen molar-refractivity contribution in [2.24, 2.45) is 4.99 Å². The molecule has 0 spiro atoms. The molecule has 1 aromatic heterocycles. The van der Waals surface area contributed by atoms with Crippen LogP contribution in [0.25, 0.3) is 0 Å². The van der Waals surface area contributed by atoms with Crippen molar-refractivity contribution in [3.63, 3.8) is 0 Å². The molecule has 1 aromatic carbocycles. The minimum Gasteiger partial charge on any atom is -0.490 e. The van der Waals surface area contributed by atoms with Gasteiger partial charge in [0.2, 0.25) is 0 Å². The van der Waals surface area contributed by atoms with Crippen LogP contribution < -0.4 is 15.0 Å². The van der Waals surface area contributed by atoms with E-state index in [4.69, 9.17) is 4.74 Å². The first-order valence-electron chi connectivity index (χ1n) is 8.75. The summed E-state index contributed by atoms with van der Waals surface area (Å²) in [7, 11) is 1.79. The Labute approximate surface area is 176 Å². The molecule has 27 heavy (non-hydrogen) atoms. The molecule has 0 radical (unpaired) electrons. The zero-order chi connectivity index (χ0) is 18.2. The Morgan fingerprint density at radius 1 is 1.19 bits per heavy atom. The number of nitrogens with zero attached hydrogens (tertiary/aromatic N) is 4. The third-order valence-electron chi connectivity index (χ3n) is 4.27. The van der Waals surface area contributed by atoms with Gasteiger partial charge >= 0.3 is 0 Å². The molecule has 1 aliphatic rings. The molecule has 6 nitrogen and oxygen atoms in total. The normalized spacial score (nSPS) is 14.5. The fourth-order valence-electron chi connectivity index (χ4n) is 2.92. The molecule has 146 valence electrons. The van der Waals surface area contributed by atoms with E-state index in [0.29, 0.717) is 13.2 Å². The molecule has 2 heterocycles. The summed E-state index contributed by atoms with van der Waals surface area (Å²) >= 11 is 0. The Bertz CT molecular complexity index is 706. The van der Waals surface area contributed by atoms with Crippen molar-refractivity contribution in [2.45, 2.75) is 0 Å². The lowest BCUT2D eigenvalue weighted by atomic mass is 10.2. The molecular formula is C19H25FIN5O. The van der Waals surface area contributed by atoms with Gasteiger partial charge in [0.25, 0.3) is 0 Å². The Morgan fingerprint density at radius 3 is 2.56 bits per heavy atom. The van der Waals surface area contributed by atoms with Crippen LogP contribution in [0.1, 0.15) is 0 Å². The minimum absolute atomic E-state index is 0. The van der Waals surface area contributed by atoms with Crippen molar-refractivity contribution in [1.29, 1.82) is 0 Å². The maximum absolute atomic E-state index is 13.1. The molecule has 8 heteroatoms. The predicted molar refractivity (Wildman–Crippen MR) is 117 cm³/mol. The summed E-state index contributed by atoms with van der Waals surface area (Å²) in [6.45, 7) is 4.68. The molecule has 3 rings (SSSR count). The van der Waals surface area contributed by atoms with E-state index in [-0.39, 0.29) is 29.8 Å². The summed E-state index contributed by atoms with van der Waals surface area (Å²) in [5, 5.41) is 3.33. The summed E-state index contributed by atoms with van der Waals surface area (Å²) in [6, 6.07) is 10.4. The molecule has 0 bridgehead atoms. The molecule has 0 saturated carbocycles. The Balaban J connectivity index is 0.00000261. The summed E-state index contributed by atoms with van der Waals surface area (Å²) in [5.41, 5.74) is 1.05. The molecule has 1 aliphatic heterocycles. The lowest BCUT2D eigenvalue weighted by molar-refractivity contribution is 0.314. The summed E-state index contributed by atoms with van der Waals surface area (Å²) in [6.07, 6.45) is 3.42. The number of aromatic nitrogens is 1. The van der Waals surface area contributed by atoms with Crippen molar-refractivity contribution in [3.8, 4) is 5.75 Å². The molecule has 0 unspecified atom stereocenters. The number of halogens is 2. The van der Waals surface area contributed by atoms with Crippen LogP contribution in [-0.2, 0) is 0 Å². The van der Waals surface area contributed by atoms with Gasteiger partial charge in [-0.3, -0.25) is 9.98 Å². The van der Waals surface area contributed by atoms with Crippen LogP contribution in [0.4, 0.5) is 10.1 Å². The van der Waals surface area contributed by atoms with E-state index < -0.39 is 0 Å². The Kier molecular flexibility index (Phi) is 8.56. The maximum Gasteiger partial charge on any atom is 0.193 e. The van der Waals surface area contributed by atoms with E-state index in [0.717, 1.165) is 43.6 Å². The van der Waals surface area contributed by atoms with Gasteiger partial charge in [0.1, 0.15) is 18.2 Å². The topological polar surface area (TPSA) is 53.0 Å². The first-order chi connectivity index (χ1) is 12.8. The monoisotopic (exact) mass is 485 g/mol. The number of nitrogens with one attached hydrogen (secondary N) is 1. The van der Waals surface area contributed by atoms with Crippen LogP contribution in [0, 0.1) is 5.82 Å². The van der Waals surface area contributed by atoms with E-state index in [1.54, 1.807) is 19.4 Å². The van der Waals surface area contributed by atoms with E-state index in [1.807, 2.05) is 24.3 Å². The first kappa shape index (κ1) is 21.2. The van der Waals surface area contributed by atoms with E-state index >= 15 is 0 Å². The molecule has 0 amide bonds. The van der Waals surface area contributed by atoms with Gasteiger partial charge in [0, 0.05) is 45.1 Å². The summed E-state index contributed by atoms with van der Waals surface area (Å²) in [4.78, 5) is 12.9. The third-order valence-corrected chi connectivity index (χ3v) is 4.27. The van der Waals surface area contributed by atoms with Gasteiger partial charge in [-0.25, -0.2) is 4.39 Å². The molecule has 1 N–H and O–H groups in total. The van der Waals surface area contributed by atoms with Crippen molar-refractivity contribution in [2.75, 3.05) is 51.3 Å². The molecular weight excluding hydrogens is 460 g/mol. The summed E-state index contributed by atoms with van der Waals surface area (Å²) in [5.74, 6) is 1.43. The van der Waals surface area contributed by atoms with Crippen LogP contribution in [0.2, 0.25) is 0 Å². The number of ether oxygens (including phenoxy) is 1. The molecule has 1 saturated heterocycles. The average molecular weight is 485 g/mol. The zero-order valence-corrected chi connectivity index (χ0v) is 17.7. The SMILES string of the molecule is CN=C(NCCOc1cccnc1)N1CCN(c2ccc(F)cc2)CC1.I. The number of hydrogen-bond donors (Lipinski definition) is 1. The average Bonchev–Trinajstić information content (AvgIpc) is 2.70. The van der Waals surface area contributed by atoms with Crippen LogP contribution in [0.5, 0.6) is 5.75 Å². The van der Waals surface area contributed by atoms with Crippen LogP contribution in [0.3, 0.4) is 0 Å². The number of pyridine rings is 1.